The topological polar surface area (TPSA) is 61.8 Å². The van der Waals surface area contributed by atoms with Gasteiger partial charge in [-0.2, -0.15) is 0 Å². The molecule has 0 saturated carbocycles. The van der Waals surface area contributed by atoms with Crippen molar-refractivity contribution in [2.45, 2.75) is 18.9 Å². The molecule has 1 aliphatic heterocycles. The lowest BCUT2D eigenvalue weighted by molar-refractivity contribution is 0.0523. The maximum absolute atomic E-state index is 12.2. The first-order valence-electron chi connectivity index (χ1n) is 7.10. The maximum atomic E-state index is 12.2. The van der Waals surface area contributed by atoms with E-state index in [9.17, 15) is 4.79 Å². The number of hydrogen-bond acceptors (Lipinski definition) is 3. The second kappa shape index (κ2) is 7.87. The van der Waals surface area contributed by atoms with E-state index in [2.05, 4.69) is 5.32 Å². The van der Waals surface area contributed by atoms with Gasteiger partial charge in [-0.05, 0) is 18.4 Å². The second-order valence-corrected chi connectivity index (χ2v) is 4.88. The SMILES string of the molecule is O=C(NC(CCCO)c1ccccc1)N1CCOCC1. The molecule has 2 rings (SSSR count). The Hall–Kier alpha value is -1.59. The third-order valence-electron chi connectivity index (χ3n) is 3.45. The van der Waals surface area contributed by atoms with Crippen molar-refractivity contribution < 1.29 is 14.6 Å². The van der Waals surface area contributed by atoms with E-state index in [0.717, 1.165) is 12.0 Å². The summed E-state index contributed by atoms with van der Waals surface area (Å²) in [7, 11) is 0. The first-order valence-corrected chi connectivity index (χ1v) is 7.10. The van der Waals surface area contributed by atoms with E-state index >= 15 is 0 Å². The predicted molar refractivity (Wildman–Crippen MR) is 76.4 cm³/mol. The first kappa shape index (κ1) is 14.8. The normalized spacial score (nSPS) is 16.8. The van der Waals surface area contributed by atoms with Gasteiger partial charge in [0, 0.05) is 19.7 Å². The van der Waals surface area contributed by atoms with Crippen molar-refractivity contribution in [1.29, 1.82) is 0 Å². The Bertz CT molecular complexity index is 405. The van der Waals surface area contributed by atoms with Crippen molar-refractivity contribution in [3.63, 3.8) is 0 Å². The van der Waals surface area contributed by atoms with Crippen LogP contribution < -0.4 is 5.32 Å². The van der Waals surface area contributed by atoms with Gasteiger partial charge in [-0.25, -0.2) is 4.79 Å². The van der Waals surface area contributed by atoms with Gasteiger partial charge in [-0.3, -0.25) is 0 Å². The highest BCUT2D eigenvalue weighted by Crippen LogP contribution is 2.18. The van der Waals surface area contributed by atoms with Crippen molar-refractivity contribution in [2.24, 2.45) is 0 Å². The smallest absolute Gasteiger partial charge is 0.318 e. The minimum atomic E-state index is -0.0568. The van der Waals surface area contributed by atoms with Crippen molar-refractivity contribution in [1.82, 2.24) is 10.2 Å². The van der Waals surface area contributed by atoms with Crippen molar-refractivity contribution in [3.05, 3.63) is 35.9 Å². The number of morpholine rings is 1. The molecule has 1 heterocycles. The molecule has 1 aromatic carbocycles. The fourth-order valence-electron chi connectivity index (χ4n) is 2.31. The van der Waals surface area contributed by atoms with Gasteiger partial charge in [0.2, 0.25) is 0 Å². The Balaban J connectivity index is 1.97. The number of carbonyl (C=O) groups excluding carboxylic acids is 1. The first-order chi connectivity index (χ1) is 9.81. The molecule has 1 aromatic rings. The summed E-state index contributed by atoms with van der Waals surface area (Å²) in [5.74, 6) is 0. The van der Waals surface area contributed by atoms with E-state index in [1.807, 2.05) is 30.3 Å². The van der Waals surface area contributed by atoms with Crippen LogP contribution >= 0.6 is 0 Å². The number of benzene rings is 1. The molecule has 1 aliphatic rings. The van der Waals surface area contributed by atoms with Crippen molar-refractivity contribution in [2.75, 3.05) is 32.9 Å². The molecule has 1 atom stereocenters. The van der Waals surface area contributed by atoms with Gasteiger partial charge in [0.25, 0.3) is 0 Å². The van der Waals surface area contributed by atoms with Crippen molar-refractivity contribution >= 4 is 6.03 Å². The lowest BCUT2D eigenvalue weighted by Crippen LogP contribution is -2.47. The minimum absolute atomic E-state index is 0.0555. The molecule has 0 aromatic heterocycles. The van der Waals surface area contributed by atoms with E-state index in [1.54, 1.807) is 4.90 Å². The van der Waals surface area contributed by atoms with Gasteiger partial charge >= 0.3 is 6.03 Å². The van der Waals surface area contributed by atoms with Crippen LogP contribution in [0.25, 0.3) is 0 Å². The third-order valence-corrected chi connectivity index (χ3v) is 3.45. The summed E-state index contributed by atoms with van der Waals surface area (Å²) in [6.45, 7) is 2.59. The van der Waals surface area contributed by atoms with Crippen LogP contribution in [0.2, 0.25) is 0 Å². The Labute approximate surface area is 119 Å². The molecule has 0 bridgehead atoms. The zero-order valence-corrected chi connectivity index (χ0v) is 11.6. The third kappa shape index (κ3) is 4.21. The minimum Gasteiger partial charge on any atom is -0.396 e. The molecular weight excluding hydrogens is 256 g/mol. The molecule has 1 saturated heterocycles. The van der Waals surface area contributed by atoms with Crippen LogP contribution in [0.5, 0.6) is 0 Å². The van der Waals surface area contributed by atoms with Gasteiger partial charge in [0.1, 0.15) is 0 Å². The lowest BCUT2D eigenvalue weighted by atomic mass is 10.0. The number of rotatable bonds is 5. The standard InChI is InChI=1S/C15H22N2O3/c18-10-4-7-14(13-5-2-1-3-6-13)16-15(19)17-8-11-20-12-9-17/h1-3,5-6,14,18H,4,7-12H2,(H,16,19). The van der Waals surface area contributed by atoms with Crippen LogP contribution in [0.1, 0.15) is 24.4 Å². The summed E-state index contributed by atoms with van der Waals surface area (Å²) < 4.78 is 5.25. The predicted octanol–water partition coefficient (Wildman–Crippen LogP) is 1.54. The van der Waals surface area contributed by atoms with Gasteiger partial charge in [-0.1, -0.05) is 30.3 Å². The van der Waals surface area contributed by atoms with Gasteiger partial charge in [0.05, 0.1) is 19.3 Å². The zero-order valence-electron chi connectivity index (χ0n) is 11.6. The Morgan fingerprint density at radius 2 is 2.00 bits per heavy atom. The molecule has 20 heavy (non-hydrogen) atoms. The number of urea groups is 1. The van der Waals surface area contributed by atoms with E-state index in [-0.39, 0.29) is 18.7 Å². The van der Waals surface area contributed by atoms with Crippen LogP contribution in [0.15, 0.2) is 30.3 Å². The molecule has 5 nitrogen and oxygen atoms in total. The highest BCUT2D eigenvalue weighted by molar-refractivity contribution is 5.74. The summed E-state index contributed by atoms with van der Waals surface area (Å²) >= 11 is 0. The number of carbonyl (C=O) groups is 1. The van der Waals surface area contributed by atoms with E-state index < -0.39 is 0 Å². The lowest BCUT2D eigenvalue weighted by Gasteiger charge is -2.29. The van der Waals surface area contributed by atoms with Crippen molar-refractivity contribution in [3.8, 4) is 0 Å². The second-order valence-electron chi connectivity index (χ2n) is 4.88. The number of ether oxygens (including phenoxy) is 1. The van der Waals surface area contributed by atoms with Gasteiger partial charge in [-0.15, -0.1) is 0 Å². The molecule has 2 amide bonds. The molecule has 0 aliphatic carbocycles. The summed E-state index contributed by atoms with van der Waals surface area (Å²) in [5, 5.41) is 12.1. The van der Waals surface area contributed by atoms with Crippen LogP contribution in [0.4, 0.5) is 4.79 Å². The van der Waals surface area contributed by atoms with Crippen LogP contribution in [-0.4, -0.2) is 48.9 Å². The fourth-order valence-corrected chi connectivity index (χ4v) is 2.31. The van der Waals surface area contributed by atoms with Crippen LogP contribution in [0, 0.1) is 0 Å². The van der Waals surface area contributed by atoms with E-state index in [0.29, 0.717) is 32.7 Å². The van der Waals surface area contributed by atoms with Crippen LogP contribution in [-0.2, 0) is 4.74 Å². The van der Waals surface area contributed by atoms with Gasteiger partial charge in [0.15, 0.2) is 0 Å². The quantitative estimate of drug-likeness (QED) is 0.859. The average molecular weight is 278 g/mol. The highest BCUT2D eigenvalue weighted by Gasteiger charge is 2.20. The molecule has 1 fully saturated rings. The summed E-state index contributed by atoms with van der Waals surface area (Å²) in [6.07, 6.45) is 1.40. The molecular formula is C15H22N2O3. The van der Waals surface area contributed by atoms with E-state index in [4.69, 9.17) is 9.84 Å². The highest BCUT2D eigenvalue weighted by atomic mass is 16.5. The molecule has 110 valence electrons. The molecule has 0 spiro atoms. The van der Waals surface area contributed by atoms with Crippen LogP contribution in [0.3, 0.4) is 0 Å². The molecule has 2 N–H and O–H groups in total. The monoisotopic (exact) mass is 278 g/mol. The largest absolute Gasteiger partial charge is 0.396 e. The number of aliphatic hydroxyl groups excluding tert-OH is 1. The summed E-state index contributed by atoms with van der Waals surface area (Å²) in [5.41, 5.74) is 1.07. The summed E-state index contributed by atoms with van der Waals surface area (Å²) in [4.78, 5) is 14.0. The Morgan fingerprint density at radius 3 is 2.65 bits per heavy atom. The number of hydrogen-bond donors (Lipinski definition) is 2. The molecule has 0 radical (unpaired) electrons. The number of aliphatic hydroxyl groups is 1. The average Bonchev–Trinajstić information content (AvgIpc) is 2.53. The Kier molecular flexibility index (Phi) is 5.83. The maximum Gasteiger partial charge on any atom is 0.318 e. The zero-order chi connectivity index (χ0) is 14.2. The number of nitrogens with zero attached hydrogens (tertiary/aromatic N) is 1. The number of amides is 2. The molecule has 5 heteroatoms. The summed E-state index contributed by atoms with van der Waals surface area (Å²) in [6, 6.07) is 9.77. The molecule has 1 unspecified atom stereocenters. The van der Waals surface area contributed by atoms with Gasteiger partial charge < -0.3 is 20.1 Å². The Morgan fingerprint density at radius 1 is 1.30 bits per heavy atom. The number of nitrogens with one attached hydrogen (secondary N) is 1. The fraction of sp³-hybridized carbons (Fsp3) is 0.533. The van der Waals surface area contributed by atoms with E-state index in [1.165, 1.54) is 0 Å².